The number of hydrogen-bond acceptors (Lipinski definition) is 8. The van der Waals surface area contributed by atoms with Crippen LogP contribution in [0.4, 0.5) is 0 Å². The zero-order valence-electron chi connectivity index (χ0n) is 54.0. The molecule has 1 heterocycles. The van der Waals surface area contributed by atoms with Gasteiger partial charge in [0.05, 0.1) is 25.4 Å². The highest BCUT2D eigenvalue weighted by atomic mass is 16.7. The minimum absolute atomic E-state index is 0.181. The number of nitrogens with one attached hydrogen (secondary N) is 1. The van der Waals surface area contributed by atoms with E-state index in [9.17, 15) is 30.3 Å². The predicted molar refractivity (Wildman–Crippen MR) is 350 cm³/mol. The first-order valence-corrected chi connectivity index (χ1v) is 35.9. The molecule has 1 rings (SSSR count). The van der Waals surface area contributed by atoms with E-state index in [2.05, 4.69) is 55.6 Å². The number of carbonyl (C=O) groups is 1. The lowest BCUT2D eigenvalue weighted by molar-refractivity contribution is -0.302. The smallest absolute Gasteiger partial charge is 0.220 e. The van der Waals surface area contributed by atoms with Crippen LogP contribution in [0.1, 0.15) is 354 Å². The number of amides is 1. The Kier molecular flexibility index (Phi) is 59.3. The maximum Gasteiger partial charge on any atom is 0.220 e. The molecule has 0 aliphatic carbocycles. The number of aliphatic hydroxyl groups excluding tert-OH is 5. The van der Waals surface area contributed by atoms with Gasteiger partial charge in [-0.15, -0.1) is 0 Å². The van der Waals surface area contributed by atoms with Crippen LogP contribution in [0.5, 0.6) is 0 Å². The van der Waals surface area contributed by atoms with Crippen molar-refractivity contribution < 1.29 is 39.8 Å². The van der Waals surface area contributed by atoms with Gasteiger partial charge in [0.1, 0.15) is 24.4 Å². The summed E-state index contributed by atoms with van der Waals surface area (Å²) in [6, 6.07) is -0.824. The fraction of sp³-hybridized carbons (Fsp3) is 0.877. The first-order chi connectivity index (χ1) is 40.3. The van der Waals surface area contributed by atoms with Crippen LogP contribution >= 0.6 is 0 Å². The quantitative estimate of drug-likeness (QED) is 0.0261. The van der Waals surface area contributed by atoms with Crippen molar-refractivity contribution in [2.45, 2.75) is 397 Å². The Labute approximate surface area is 507 Å². The lowest BCUT2D eigenvalue weighted by atomic mass is 9.99. The van der Waals surface area contributed by atoms with Crippen molar-refractivity contribution in [3.05, 3.63) is 48.6 Å². The zero-order valence-corrected chi connectivity index (χ0v) is 54.0. The Balaban J connectivity index is 2.14. The van der Waals surface area contributed by atoms with Crippen LogP contribution in [0.15, 0.2) is 48.6 Å². The summed E-state index contributed by atoms with van der Waals surface area (Å²) in [4.78, 5) is 13.1. The summed E-state index contributed by atoms with van der Waals surface area (Å²) in [5.41, 5.74) is 0. The van der Waals surface area contributed by atoms with E-state index >= 15 is 0 Å². The van der Waals surface area contributed by atoms with Crippen LogP contribution in [0, 0.1) is 0 Å². The highest BCUT2D eigenvalue weighted by molar-refractivity contribution is 5.76. The van der Waals surface area contributed by atoms with Gasteiger partial charge in [-0.2, -0.15) is 0 Å². The lowest BCUT2D eigenvalue weighted by Crippen LogP contribution is -2.60. The van der Waals surface area contributed by atoms with Gasteiger partial charge in [-0.25, -0.2) is 0 Å². The number of rotatable bonds is 63. The number of unbranched alkanes of at least 4 members (excludes halogenated alkanes) is 47. The van der Waals surface area contributed by atoms with E-state index in [1.54, 1.807) is 6.08 Å². The largest absolute Gasteiger partial charge is 0.394 e. The molecule has 0 spiro atoms. The Morgan fingerprint density at radius 3 is 1.10 bits per heavy atom. The second-order valence-electron chi connectivity index (χ2n) is 25.0. The molecule has 9 heteroatoms. The maximum atomic E-state index is 13.1. The van der Waals surface area contributed by atoms with Gasteiger partial charge >= 0.3 is 0 Å². The second kappa shape index (κ2) is 62.2. The summed E-state index contributed by atoms with van der Waals surface area (Å²) in [6.07, 6.45) is 78.0. The standard InChI is InChI=1S/C73H137NO8/c1-3-5-7-9-11-13-15-17-19-21-23-25-27-29-31-33-35-36-38-40-42-44-46-48-50-52-54-56-58-60-62-67(76)66(65-81-73-72(80)71(79)70(78)68(64-75)82-73)74-69(77)63-61-59-57-55-53-51-49-47-45-43-41-39-37-34-32-30-28-26-24-22-20-18-16-14-12-10-8-6-4-2/h16,18,22,24,52,54,60,62,66-68,70-73,75-76,78-80H,3-15,17,19-21,23,25-51,53,55-59,61,63-65H2,1-2H3,(H,74,77)/b18-16-,24-22-,54-52+,62-60+. The van der Waals surface area contributed by atoms with Gasteiger partial charge in [-0.1, -0.05) is 332 Å². The highest BCUT2D eigenvalue weighted by Gasteiger charge is 2.44. The topological polar surface area (TPSA) is 149 Å². The highest BCUT2D eigenvalue weighted by Crippen LogP contribution is 2.23. The molecule has 1 fully saturated rings. The third-order valence-electron chi connectivity index (χ3n) is 17.1. The fourth-order valence-electron chi connectivity index (χ4n) is 11.5. The summed E-state index contributed by atoms with van der Waals surface area (Å²) in [5, 5.41) is 54.8. The second-order valence-corrected chi connectivity index (χ2v) is 25.0. The van der Waals surface area contributed by atoms with Crippen LogP contribution in [0.25, 0.3) is 0 Å². The third-order valence-corrected chi connectivity index (χ3v) is 17.1. The maximum absolute atomic E-state index is 13.1. The predicted octanol–water partition coefficient (Wildman–Crippen LogP) is 19.6. The number of allylic oxidation sites excluding steroid dienone is 7. The number of hydrogen-bond donors (Lipinski definition) is 6. The van der Waals surface area contributed by atoms with Gasteiger partial charge in [0, 0.05) is 6.42 Å². The van der Waals surface area contributed by atoms with Crippen molar-refractivity contribution in [1.82, 2.24) is 5.32 Å². The molecule has 9 nitrogen and oxygen atoms in total. The molecule has 0 saturated carbocycles. The normalized spacial score (nSPS) is 18.5. The lowest BCUT2D eigenvalue weighted by Gasteiger charge is -2.40. The molecule has 1 amide bonds. The number of carbonyl (C=O) groups excluding carboxylic acids is 1. The molecule has 7 unspecified atom stereocenters. The van der Waals surface area contributed by atoms with Crippen molar-refractivity contribution >= 4 is 5.91 Å². The molecule has 82 heavy (non-hydrogen) atoms. The third kappa shape index (κ3) is 50.3. The summed E-state index contributed by atoms with van der Waals surface area (Å²) in [7, 11) is 0. The van der Waals surface area contributed by atoms with Gasteiger partial charge in [-0.05, 0) is 64.2 Å². The zero-order chi connectivity index (χ0) is 59.3. The molecular formula is C73H137NO8. The van der Waals surface area contributed by atoms with E-state index in [0.717, 1.165) is 44.9 Å². The Hall–Kier alpha value is -1.85. The average Bonchev–Trinajstić information content (AvgIpc) is 3.57. The Morgan fingerprint density at radius 1 is 0.415 bits per heavy atom. The molecule has 0 aromatic heterocycles. The molecule has 6 N–H and O–H groups in total. The van der Waals surface area contributed by atoms with Crippen LogP contribution in [0.2, 0.25) is 0 Å². The van der Waals surface area contributed by atoms with E-state index < -0.39 is 49.5 Å². The monoisotopic (exact) mass is 1160 g/mol. The summed E-state index contributed by atoms with van der Waals surface area (Å²) in [5.74, 6) is -0.181. The fourth-order valence-corrected chi connectivity index (χ4v) is 11.5. The van der Waals surface area contributed by atoms with Crippen LogP contribution in [0.3, 0.4) is 0 Å². The van der Waals surface area contributed by atoms with E-state index in [-0.39, 0.29) is 12.5 Å². The first kappa shape index (κ1) is 78.2. The average molecular weight is 1160 g/mol. The molecule has 1 saturated heterocycles. The molecule has 482 valence electrons. The summed E-state index contributed by atoms with van der Waals surface area (Å²) < 4.78 is 11.3. The first-order valence-electron chi connectivity index (χ1n) is 35.9. The minimum Gasteiger partial charge on any atom is -0.394 e. The molecule has 7 atom stereocenters. The van der Waals surface area contributed by atoms with Gasteiger partial charge < -0.3 is 40.3 Å². The van der Waals surface area contributed by atoms with E-state index in [4.69, 9.17) is 9.47 Å². The summed E-state index contributed by atoms with van der Waals surface area (Å²) >= 11 is 0. The molecule has 1 aliphatic rings. The SMILES string of the molecule is CCCCCCC/C=C\C/C=C\CCCCCCCCCCCCCCCCCCCC(=O)NC(COC1OC(CO)C(O)C(O)C1O)C(O)/C=C/CC/C=C/CCCCCCCCCCCCCCCCCCCCCCCCCC. The van der Waals surface area contributed by atoms with Gasteiger partial charge in [0.25, 0.3) is 0 Å². The molecule has 1 aliphatic heterocycles. The van der Waals surface area contributed by atoms with Crippen LogP contribution < -0.4 is 5.32 Å². The van der Waals surface area contributed by atoms with Crippen molar-refractivity contribution in [3.8, 4) is 0 Å². The van der Waals surface area contributed by atoms with Crippen molar-refractivity contribution in [3.63, 3.8) is 0 Å². The van der Waals surface area contributed by atoms with Crippen molar-refractivity contribution in [2.24, 2.45) is 0 Å². The van der Waals surface area contributed by atoms with Gasteiger partial charge in [-0.3, -0.25) is 4.79 Å². The number of ether oxygens (including phenoxy) is 2. The van der Waals surface area contributed by atoms with Gasteiger partial charge in [0.15, 0.2) is 6.29 Å². The van der Waals surface area contributed by atoms with Crippen molar-refractivity contribution in [1.29, 1.82) is 0 Å². The van der Waals surface area contributed by atoms with E-state index in [1.165, 1.54) is 289 Å². The summed E-state index contributed by atoms with van der Waals surface area (Å²) in [6.45, 7) is 3.80. The minimum atomic E-state index is -1.57. The van der Waals surface area contributed by atoms with Crippen LogP contribution in [-0.4, -0.2) is 87.5 Å². The van der Waals surface area contributed by atoms with E-state index in [0.29, 0.717) is 6.42 Å². The Morgan fingerprint density at radius 2 is 0.732 bits per heavy atom. The van der Waals surface area contributed by atoms with Gasteiger partial charge in [0.2, 0.25) is 5.91 Å². The Bertz CT molecular complexity index is 1430. The molecule has 0 aromatic rings. The van der Waals surface area contributed by atoms with Crippen LogP contribution in [-0.2, 0) is 14.3 Å². The molecular weight excluding hydrogens is 1020 g/mol. The molecule has 0 bridgehead atoms. The molecule has 0 radical (unpaired) electrons. The van der Waals surface area contributed by atoms with Crippen molar-refractivity contribution in [2.75, 3.05) is 13.2 Å². The van der Waals surface area contributed by atoms with E-state index in [1.807, 2.05) is 6.08 Å². The number of aliphatic hydroxyl groups is 5. The molecule has 0 aromatic carbocycles.